The van der Waals surface area contributed by atoms with Gasteiger partial charge in [-0.05, 0) is 87.6 Å². The molecule has 0 saturated carbocycles. The van der Waals surface area contributed by atoms with Gasteiger partial charge in [0.05, 0.1) is 18.2 Å². The van der Waals surface area contributed by atoms with Crippen LogP contribution in [0.1, 0.15) is 77.2 Å². The maximum Gasteiger partial charge on any atom is 0.416 e. The fourth-order valence-corrected chi connectivity index (χ4v) is 6.07. The highest BCUT2D eigenvalue weighted by Gasteiger charge is 2.31. The van der Waals surface area contributed by atoms with Crippen LogP contribution in [-0.4, -0.2) is 16.2 Å². The molecule has 6 heteroatoms. The van der Waals surface area contributed by atoms with E-state index in [-0.39, 0.29) is 11.5 Å². The van der Waals surface area contributed by atoms with Gasteiger partial charge in [0.2, 0.25) is 0 Å². The Morgan fingerprint density at radius 1 is 0.581 bits per heavy atom. The van der Waals surface area contributed by atoms with Gasteiger partial charge in [-0.25, -0.2) is 0 Å². The summed E-state index contributed by atoms with van der Waals surface area (Å²) < 4.78 is 49.1. The Kier molecular flexibility index (Phi) is 7.78. The van der Waals surface area contributed by atoms with Crippen LogP contribution >= 0.6 is 0 Å². The summed E-state index contributed by atoms with van der Waals surface area (Å²) in [5.41, 5.74) is 6.04. The van der Waals surface area contributed by atoms with Crippen LogP contribution in [0.4, 0.5) is 13.2 Å². The van der Waals surface area contributed by atoms with Crippen molar-refractivity contribution in [2.75, 3.05) is 7.11 Å². The fourth-order valence-electron chi connectivity index (χ4n) is 6.07. The molecule has 0 saturated heterocycles. The smallest absolute Gasteiger partial charge is 0.416 e. The number of aromatic nitrogens is 2. The zero-order valence-electron chi connectivity index (χ0n) is 26.5. The van der Waals surface area contributed by atoms with E-state index in [2.05, 4.69) is 88.6 Å². The molecule has 4 aromatic carbocycles. The second kappa shape index (κ2) is 11.0. The summed E-state index contributed by atoms with van der Waals surface area (Å²) >= 11 is 0. The number of rotatable bonds is 3. The highest BCUT2D eigenvalue weighted by molar-refractivity contribution is 6.09. The van der Waals surface area contributed by atoms with E-state index in [0.717, 1.165) is 22.0 Å². The number of aryl methyl sites for hydroxylation is 1. The zero-order valence-corrected chi connectivity index (χ0v) is 26.5. The van der Waals surface area contributed by atoms with Gasteiger partial charge in [-0.15, -0.1) is 0 Å². The van der Waals surface area contributed by atoms with Crippen molar-refractivity contribution >= 4 is 43.6 Å². The molecule has 0 aliphatic carbocycles. The Bertz CT molecular complexity index is 1880. The molecular formula is C37H41F3N2O. The number of halogens is 3. The van der Waals surface area contributed by atoms with E-state index in [9.17, 15) is 13.2 Å². The van der Waals surface area contributed by atoms with Gasteiger partial charge in [0.25, 0.3) is 0 Å². The summed E-state index contributed by atoms with van der Waals surface area (Å²) in [6.45, 7) is 17.0. The third-order valence-corrected chi connectivity index (χ3v) is 8.20. The third-order valence-electron chi connectivity index (χ3n) is 8.20. The molecule has 0 bridgehead atoms. The minimum Gasteiger partial charge on any atom is -0.497 e. The molecule has 0 atom stereocenters. The molecule has 6 aromatic rings. The Labute approximate surface area is 251 Å². The number of nitrogens with zero attached hydrogens (tertiary/aromatic N) is 2. The second-order valence-electron chi connectivity index (χ2n) is 13.0. The van der Waals surface area contributed by atoms with E-state index < -0.39 is 11.7 Å². The molecule has 2 aromatic heterocycles. The maximum atomic E-state index is 13.1. The van der Waals surface area contributed by atoms with Gasteiger partial charge in [-0.2, -0.15) is 13.2 Å². The minimum atomic E-state index is -4.33. The fraction of sp³-hybridized carbons (Fsp3) is 0.351. The van der Waals surface area contributed by atoms with Crippen LogP contribution < -0.4 is 4.74 Å². The van der Waals surface area contributed by atoms with Crippen LogP contribution in [0.15, 0.2) is 72.8 Å². The number of ether oxygens (including phenoxy) is 1. The summed E-state index contributed by atoms with van der Waals surface area (Å²) in [6.07, 6.45) is -4.33. The molecule has 0 unspecified atom stereocenters. The van der Waals surface area contributed by atoms with Gasteiger partial charge in [-0.3, -0.25) is 0 Å². The minimum absolute atomic E-state index is 0.0103. The van der Waals surface area contributed by atoms with Gasteiger partial charge in [0.15, 0.2) is 0 Å². The molecule has 0 amide bonds. The Balaban J connectivity index is 0.000000176. The average Bonchev–Trinajstić information content (AvgIpc) is 3.43. The van der Waals surface area contributed by atoms with Crippen molar-refractivity contribution in [2.45, 2.75) is 79.1 Å². The quantitative estimate of drug-likeness (QED) is 0.202. The van der Waals surface area contributed by atoms with Crippen molar-refractivity contribution in [3.05, 3.63) is 89.5 Å². The first-order valence-electron chi connectivity index (χ1n) is 14.9. The lowest BCUT2D eigenvalue weighted by atomic mass is 9.86. The predicted molar refractivity (Wildman–Crippen MR) is 175 cm³/mol. The van der Waals surface area contributed by atoms with Crippen molar-refractivity contribution < 1.29 is 17.9 Å². The van der Waals surface area contributed by atoms with Gasteiger partial charge < -0.3 is 13.9 Å². The lowest BCUT2D eigenvalue weighted by Crippen LogP contribution is -2.11. The lowest BCUT2D eigenvalue weighted by Gasteiger charge is -2.20. The highest BCUT2D eigenvalue weighted by Crippen LogP contribution is 2.38. The Hall–Kier alpha value is -3.93. The number of hydrogen-bond donors (Lipinski definition) is 0. The Morgan fingerprint density at radius 3 is 1.47 bits per heavy atom. The molecule has 3 nitrogen and oxygen atoms in total. The van der Waals surface area contributed by atoms with Crippen molar-refractivity contribution in [2.24, 2.45) is 0 Å². The molecular weight excluding hydrogens is 545 g/mol. The molecule has 0 aliphatic heterocycles. The van der Waals surface area contributed by atoms with E-state index in [1.165, 1.54) is 45.1 Å². The van der Waals surface area contributed by atoms with Crippen LogP contribution in [-0.2, 0) is 11.6 Å². The SMILES string of the molecule is CC(C)n1c2cc(C(C)(C)C)ccc2c2ccc(C(F)(F)F)cc21.COc1ccc2c3ccc(C)cc3n(C(C)C)c2c1. The molecule has 43 heavy (non-hydrogen) atoms. The first-order chi connectivity index (χ1) is 20.1. The molecule has 0 aliphatic rings. The molecule has 0 fully saturated rings. The highest BCUT2D eigenvalue weighted by atomic mass is 19.4. The van der Waals surface area contributed by atoms with Crippen LogP contribution in [0.3, 0.4) is 0 Å². The monoisotopic (exact) mass is 586 g/mol. The topological polar surface area (TPSA) is 19.1 Å². The van der Waals surface area contributed by atoms with Crippen LogP contribution in [0.5, 0.6) is 5.75 Å². The first kappa shape index (κ1) is 30.5. The summed E-state index contributed by atoms with van der Waals surface area (Å²) in [5.74, 6) is 0.911. The second-order valence-corrected chi connectivity index (χ2v) is 13.0. The Morgan fingerprint density at radius 2 is 1.00 bits per heavy atom. The number of hydrogen-bond acceptors (Lipinski definition) is 1. The molecule has 2 heterocycles. The van der Waals surface area contributed by atoms with Crippen molar-refractivity contribution in [1.29, 1.82) is 0 Å². The van der Waals surface area contributed by atoms with Gasteiger partial charge in [-0.1, -0.05) is 51.1 Å². The first-order valence-corrected chi connectivity index (χ1v) is 14.9. The maximum absolute atomic E-state index is 13.1. The predicted octanol–water partition coefficient (Wildman–Crippen LogP) is 11.4. The van der Waals surface area contributed by atoms with Crippen LogP contribution in [0, 0.1) is 6.92 Å². The summed E-state index contributed by atoms with van der Waals surface area (Å²) in [5, 5.41) is 4.48. The van der Waals surface area contributed by atoms with Crippen molar-refractivity contribution in [1.82, 2.24) is 9.13 Å². The largest absolute Gasteiger partial charge is 0.497 e. The number of benzene rings is 4. The number of fused-ring (bicyclic) bond motifs is 6. The molecule has 0 spiro atoms. The number of alkyl halides is 3. The van der Waals surface area contributed by atoms with E-state index in [1.54, 1.807) is 13.2 Å². The van der Waals surface area contributed by atoms with Gasteiger partial charge in [0.1, 0.15) is 5.75 Å². The lowest BCUT2D eigenvalue weighted by molar-refractivity contribution is -0.137. The molecule has 226 valence electrons. The summed E-state index contributed by atoms with van der Waals surface area (Å²) in [7, 11) is 1.72. The van der Waals surface area contributed by atoms with E-state index in [0.29, 0.717) is 11.6 Å². The molecule has 6 rings (SSSR count). The van der Waals surface area contributed by atoms with Crippen LogP contribution in [0.25, 0.3) is 43.6 Å². The van der Waals surface area contributed by atoms with Crippen LogP contribution in [0.2, 0.25) is 0 Å². The van der Waals surface area contributed by atoms with E-state index in [4.69, 9.17) is 4.74 Å². The standard InChI is InChI=1S/C20H22F3N.C17H19NO/c1-12(2)24-17-10-13(19(3,4)5)6-8-15(17)16-9-7-14(11-18(16)24)20(21,22)23;1-11(2)18-16-9-12(3)5-7-14(16)15-8-6-13(19-4)10-17(15)18/h6-12H,1-5H3;5-11H,1-4H3. The summed E-state index contributed by atoms with van der Waals surface area (Å²) in [6, 6.07) is 23.7. The number of methoxy groups -OCH3 is 1. The summed E-state index contributed by atoms with van der Waals surface area (Å²) in [4.78, 5) is 0. The third kappa shape index (κ3) is 5.60. The molecule has 0 N–H and O–H groups in total. The van der Waals surface area contributed by atoms with Gasteiger partial charge >= 0.3 is 6.18 Å². The van der Waals surface area contributed by atoms with Crippen molar-refractivity contribution in [3.63, 3.8) is 0 Å². The van der Waals surface area contributed by atoms with E-state index >= 15 is 0 Å². The van der Waals surface area contributed by atoms with Crippen molar-refractivity contribution in [3.8, 4) is 5.75 Å². The molecule has 0 radical (unpaired) electrons. The van der Waals surface area contributed by atoms with E-state index in [1.807, 2.05) is 30.5 Å². The zero-order chi connectivity index (χ0) is 31.4. The average molecular weight is 587 g/mol. The normalized spacial score (nSPS) is 12.6. The van der Waals surface area contributed by atoms with Gasteiger partial charge in [0, 0.05) is 56.2 Å².